The lowest BCUT2D eigenvalue weighted by molar-refractivity contribution is 0.168. The molecule has 1 heterocycles. The summed E-state index contributed by atoms with van der Waals surface area (Å²) >= 11 is 0. The standard InChI is InChI=1S/C12H26N2/c1-3-12(2,10-13)11-14-8-6-4-5-7-9-14/h3-11,13H2,1-2H3. The second-order valence-electron chi connectivity index (χ2n) is 5.06. The van der Waals surface area contributed by atoms with Crippen molar-refractivity contribution in [3.8, 4) is 0 Å². The van der Waals surface area contributed by atoms with E-state index in [2.05, 4.69) is 18.7 Å². The van der Waals surface area contributed by atoms with E-state index in [9.17, 15) is 0 Å². The lowest BCUT2D eigenvalue weighted by Crippen LogP contribution is -2.40. The topological polar surface area (TPSA) is 29.3 Å². The Hall–Kier alpha value is -0.0800. The molecule has 2 nitrogen and oxygen atoms in total. The highest BCUT2D eigenvalue weighted by molar-refractivity contribution is 4.79. The highest BCUT2D eigenvalue weighted by Crippen LogP contribution is 2.22. The molecule has 1 aliphatic heterocycles. The molecule has 0 bridgehead atoms. The first-order valence-electron chi connectivity index (χ1n) is 6.12. The van der Waals surface area contributed by atoms with Gasteiger partial charge in [-0.3, -0.25) is 0 Å². The van der Waals surface area contributed by atoms with Crippen molar-refractivity contribution in [2.75, 3.05) is 26.2 Å². The SMILES string of the molecule is CCC(C)(CN)CN1CCCCCC1. The van der Waals surface area contributed by atoms with Gasteiger partial charge in [0.15, 0.2) is 0 Å². The zero-order chi connectivity index (χ0) is 10.4. The van der Waals surface area contributed by atoms with E-state index in [-0.39, 0.29) is 0 Å². The van der Waals surface area contributed by atoms with Crippen LogP contribution in [-0.4, -0.2) is 31.1 Å². The Labute approximate surface area is 88.8 Å². The Bertz CT molecular complexity index is 144. The van der Waals surface area contributed by atoms with Crippen molar-refractivity contribution in [3.63, 3.8) is 0 Å². The Balaban J connectivity index is 2.39. The molecule has 0 amide bonds. The fraction of sp³-hybridized carbons (Fsp3) is 1.00. The van der Waals surface area contributed by atoms with Gasteiger partial charge in [-0.25, -0.2) is 0 Å². The summed E-state index contributed by atoms with van der Waals surface area (Å²) < 4.78 is 0. The second-order valence-corrected chi connectivity index (χ2v) is 5.06. The molecule has 1 aliphatic rings. The summed E-state index contributed by atoms with van der Waals surface area (Å²) in [4.78, 5) is 2.61. The van der Waals surface area contributed by atoms with Gasteiger partial charge >= 0.3 is 0 Å². The normalized spacial score (nSPS) is 24.2. The third-order valence-electron chi connectivity index (χ3n) is 3.65. The molecule has 1 saturated heterocycles. The predicted molar refractivity (Wildman–Crippen MR) is 62.4 cm³/mol. The molecular weight excluding hydrogens is 172 g/mol. The minimum Gasteiger partial charge on any atom is -0.330 e. The van der Waals surface area contributed by atoms with Gasteiger partial charge in [0.1, 0.15) is 0 Å². The Morgan fingerprint density at radius 2 is 1.71 bits per heavy atom. The molecule has 1 rings (SSSR count). The maximum atomic E-state index is 5.85. The van der Waals surface area contributed by atoms with Crippen LogP contribution in [0.25, 0.3) is 0 Å². The second kappa shape index (κ2) is 5.72. The highest BCUT2D eigenvalue weighted by Gasteiger charge is 2.23. The van der Waals surface area contributed by atoms with Crippen molar-refractivity contribution in [3.05, 3.63) is 0 Å². The molecule has 84 valence electrons. The largest absolute Gasteiger partial charge is 0.330 e. The maximum Gasteiger partial charge on any atom is 0.00473 e. The molecule has 2 heteroatoms. The molecule has 14 heavy (non-hydrogen) atoms. The van der Waals surface area contributed by atoms with E-state index in [4.69, 9.17) is 5.73 Å². The van der Waals surface area contributed by atoms with Crippen LogP contribution in [0.3, 0.4) is 0 Å². The molecular formula is C12H26N2. The van der Waals surface area contributed by atoms with Crippen LogP contribution in [0.2, 0.25) is 0 Å². The summed E-state index contributed by atoms with van der Waals surface area (Å²) in [5.74, 6) is 0. The van der Waals surface area contributed by atoms with Crippen molar-refractivity contribution in [1.82, 2.24) is 4.90 Å². The molecule has 0 aromatic heterocycles. The molecule has 0 aromatic rings. The first-order chi connectivity index (χ1) is 6.70. The van der Waals surface area contributed by atoms with Crippen molar-refractivity contribution in [1.29, 1.82) is 0 Å². The summed E-state index contributed by atoms with van der Waals surface area (Å²) in [6.45, 7) is 9.16. The molecule has 1 atom stereocenters. The van der Waals surface area contributed by atoms with E-state index in [1.807, 2.05) is 0 Å². The summed E-state index contributed by atoms with van der Waals surface area (Å²) in [6.07, 6.45) is 6.79. The third-order valence-corrected chi connectivity index (χ3v) is 3.65. The van der Waals surface area contributed by atoms with Crippen LogP contribution in [0, 0.1) is 5.41 Å². The number of hydrogen-bond acceptors (Lipinski definition) is 2. The van der Waals surface area contributed by atoms with E-state index in [1.165, 1.54) is 51.7 Å². The van der Waals surface area contributed by atoms with Crippen LogP contribution in [0.4, 0.5) is 0 Å². The first kappa shape index (κ1) is 12.0. The van der Waals surface area contributed by atoms with Crippen molar-refractivity contribution in [2.45, 2.75) is 46.0 Å². The van der Waals surface area contributed by atoms with Crippen LogP contribution in [0.1, 0.15) is 46.0 Å². The van der Waals surface area contributed by atoms with Crippen LogP contribution in [0.15, 0.2) is 0 Å². The van der Waals surface area contributed by atoms with E-state index < -0.39 is 0 Å². The minimum absolute atomic E-state index is 0.338. The fourth-order valence-electron chi connectivity index (χ4n) is 2.15. The van der Waals surface area contributed by atoms with Crippen LogP contribution in [-0.2, 0) is 0 Å². The Morgan fingerprint density at radius 3 is 2.14 bits per heavy atom. The number of rotatable bonds is 4. The van der Waals surface area contributed by atoms with E-state index >= 15 is 0 Å². The molecule has 0 aliphatic carbocycles. The van der Waals surface area contributed by atoms with Crippen molar-refractivity contribution in [2.24, 2.45) is 11.1 Å². The van der Waals surface area contributed by atoms with Crippen LogP contribution < -0.4 is 5.73 Å². The molecule has 0 spiro atoms. The number of hydrogen-bond donors (Lipinski definition) is 1. The zero-order valence-electron chi connectivity index (χ0n) is 9.89. The molecule has 0 aromatic carbocycles. The Morgan fingerprint density at radius 1 is 1.14 bits per heavy atom. The highest BCUT2D eigenvalue weighted by atomic mass is 15.1. The average molecular weight is 198 g/mol. The summed E-state index contributed by atoms with van der Waals surface area (Å²) in [5, 5.41) is 0. The lowest BCUT2D eigenvalue weighted by atomic mass is 9.87. The smallest absolute Gasteiger partial charge is 0.00473 e. The number of likely N-dealkylation sites (tertiary alicyclic amines) is 1. The predicted octanol–water partition coefficient (Wildman–Crippen LogP) is 2.24. The molecule has 0 radical (unpaired) electrons. The van der Waals surface area contributed by atoms with Gasteiger partial charge in [0.2, 0.25) is 0 Å². The van der Waals surface area contributed by atoms with Gasteiger partial charge in [-0.1, -0.05) is 26.7 Å². The first-order valence-corrected chi connectivity index (χ1v) is 6.12. The van der Waals surface area contributed by atoms with Gasteiger partial charge in [0, 0.05) is 6.54 Å². The average Bonchev–Trinajstić information content (AvgIpc) is 2.46. The van der Waals surface area contributed by atoms with Gasteiger partial charge in [0.25, 0.3) is 0 Å². The quantitative estimate of drug-likeness (QED) is 0.750. The van der Waals surface area contributed by atoms with Crippen molar-refractivity contribution >= 4 is 0 Å². The molecule has 0 saturated carbocycles. The summed E-state index contributed by atoms with van der Waals surface area (Å²) in [7, 11) is 0. The number of nitrogens with two attached hydrogens (primary N) is 1. The maximum absolute atomic E-state index is 5.85. The van der Waals surface area contributed by atoms with Gasteiger partial charge in [0.05, 0.1) is 0 Å². The van der Waals surface area contributed by atoms with E-state index in [0.29, 0.717) is 5.41 Å². The fourth-order valence-corrected chi connectivity index (χ4v) is 2.15. The molecule has 1 unspecified atom stereocenters. The zero-order valence-corrected chi connectivity index (χ0v) is 9.89. The van der Waals surface area contributed by atoms with E-state index in [0.717, 1.165) is 6.54 Å². The van der Waals surface area contributed by atoms with Gasteiger partial charge in [-0.15, -0.1) is 0 Å². The van der Waals surface area contributed by atoms with Gasteiger partial charge < -0.3 is 10.6 Å². The number of nitrogens with zero attached hydrogens (tertiary/aromatic N) is 1. The molecule has 1 fully saturated rings. The molecule has 2 N–H and O–H groups in total. The minimum atomic E-state index is 0.338. The van der Waals surface area contributed by atoms with E-state index in [1.54, 1.807) is 0 Å². The van der Waals surface area contributed by atoms with Crippen molar-refractivity contribution < 1.29 is 0 Å². The van der Waals surface area contributed by atoms with Gasteiger partial charge in [-0.2, -0.15) is 0 Å². The van der Waals surface area contributed by atoms with Crippen LogP contribution >= 0.6 is 0 Å². The lowest BCUT2D eigenvalue weighted by Gasteiger charge is -2.33. The summed E-state index contributed by atoms with van der Waals surface area (Å²) in [5.41, 5.74) is 6.18. The third kappa shape index (κ3) is 3.58. The summed E-state index contributed by atoms with van der Waals surface area (Å²) in [6, 6.07) is 0. The monoisotopic (exact) mass is 198 g/mol. The van der Waals surface area contributed by atoms with Gasteiger partial charge in [-0.05, 0) is 44.3 Å². The van der Waals surface area contributed by atoms with Crippen LogP contribution in [0.5, 0.6) is 0 Å². The Kier molecular flexibility index (Phi) is 4.90.